The van der Waals surface area contributed by atoms with Crippen LogP contribution in [0.2, 0.25) is 0 Å². The van der Waals surface area contributed by atoms with Gasteiger partial charge in [-0.25, -0.2) is 0 Å². The summed E-state index contributed by atoms with van der Waals surface area (Å²) in [7, 11) is 0. The molecule has 2 rings (SSSR count). The molecule has 1 atom stereocenters. The average Bonchev–Trinajstić information content (AvgIpc) is 2.38. The molecule has 2 N–H and O–H groups in total. The number of carbonyl (C=O) groups excluding carboxylic acids is 1. The van der Waals surface area contributed by atoms with Gasteiger partial charge in [-0.2, -0.15) is 0 Å². The Morgan fingerprint density at radius 2 is 2.44 bits per heavy atom. The highest BCUT2D eigenvalue weighted by Gasteiger charge is 2.14. The summed E-state index contributed by atoms with van der Waals surface area (Å²) in [6, 6.07) is 5.77. The Kier molecular flexibility index (Phi) is 3.88. The van der Waals surface area contributed by atoms with E-state index in [0.29, 0.717) is 18.3 Å². The van der Waals surface area contributed by atoms with E-state index in [1.54, 1.807) is 18.3 Å². The van der Waals surface area contributed by atoms with E-state index in [4.69, 9.17) is 0 Å². The average molecular weight is 219 g/mol. The fourth-order valence-corrected chi connectivity index (χ4v) is 1.90. The number of nitrogens with one attached hydrogen (secondary N) is 2. The van der Waals surface area contributed by atoms with Gasteiger partial charge in [-0.15, -0.1) is 0 Å². The van der Waals surface area contributed by atoms with E-state index in [0.717, 1.165) is 13.0 Å². The standard InChI is InChI=1S/C12H17N3O/c16-12(11-6-2-4-8-14-11)15-9-10-5-1-3-7-13-10/h2,4,6,8,10,13H,1,3,5,7,9H2,(H,15,16). The van der Waals surface area contributed by atoms with Gasteiger partial charge in [-0.1, -0.05) is 12.5 Å². The third kappa shape index (κ3) is 3.03. The second kappa shape index (κ2) is 5.61. The fraction of sp³-hybridized carbons (Fsp3) is 0.500. The first-order valence-electron chi connectivity index (χ1n) is 5.79. The number of hydrogen-bond acceptors (Lipinski definition) is 3. The first-order valence-corrected chi connectivity index (χ1v) is 5.79. The van der Waals surface area contributed by atoms with Crippen molar-refractivity contribution in [2.45, 2.75) is 25.3 Å². The molecule has 0 bridgehead atoms. The molecular weight excluding hydrogens is 202 g/mol. The van der Waals surface area contributed by atoms with Gasteiger partial charge < -0.3 is 10.6 Å². The zero-order valence-electron chi connectivity index (χ0n) is 9.28. The molecule has 0 radical (unpaired) electrons. The van der Waals surface area contributed by atoms with Crippen LogP contribution in [-0.4, -0.2) is 30.0 Å². The minimum absolute atomic E-state index is 0.0898. The molecule has 1 fully saturated rings. The molecule has 2 heterocycles. The first kappa shape index (κ1) is 11.1. The molecule has 1 amide bonds. The number of pyridine rings is 1. The maximum absolute atomic E-state index is 11.7. The van der Waals surface area contributed by atoms with Crippen molar-refractivity contribution in [2.75, 3.05) is 13.1 Å². The molecule has 0 aliphatic carbocycles. The third-order valence-corrected chi connectivity index (χ3v) is 2.82. The largest absolute Gasteiger partial charge is 0.349 e. The number of amides is 1. The highest BCUT2D eigenvalue weighted by molar-refractivity contribution is 5.92. The predicted octanol–water partition coefficient (Wildman–Crippen LogP) is 0.953. The second-order valence-corrected chi connectivity index (χ2v) is 4.07. The summed E-state index contributed by atoms with van der Waals surface area (Å²) in [4.78, 5) is 15.7. The van der Waals surface area contributed by atoms with Gasteiger partial charge in [0.15, 0.2) is 0 Å². The van der Waals surface area contributed by atoms with E-state index in [1.165, 1.54) is 12.8 Å². The number of piperidine rings is 1. The van der Waals surface area contributed by atoms with Crippen molar-refractivity contribution in [3.05, 3.63) is 30.1 Å². The summed E-state index contributed by atoms with van der Waals surface area (Å²) in [5, 5.41) is 6.30. The van der Waals surface area contributed by atoms with Gasteiger partial charge >= 0.3 is 0 Å². The van der Waals surface area contributed by atoms with Crippen LogP contribution in [0.25, 0.3) is 0 Å². The Bertz CT molecular complexity index is 333. The molecule has 0 aromatic carbocycles. The van der Waals surface area contributed by atoms with Crippen LogP contribution >= 0.6 is 0 Å². The van der Waals surface area contributed by atoms with E-state index < -0.39 is 0 Å². The Hall–Kier alpha value is -1.42. The quantitative estimate of drug-likeness (QED) is 0.796. The van der Waals surface area contributed by atoms with Crippen molar-refractivity contribution < 1.29 is 4.79 Å². The smallest absolute Gasteiger partial charge is 0.269 e. The van der Waals surface area contributed by atoms with E-state index in [2.05, 4.69) is 15.6 Å². The monoisotopic (exact) mass is 219 g/mol. The minimum Gasteiger partial charge on any atom is -0.349 e. The van der Waals surface area contributed by atoms with Crippen molar-refractivity contribution >= 4 is 5.91 Å². The molecule has 0 saturated carbocycles. The summed E-state index contributed by atoms with van der Waals surface area (Å²) in [6.45, 7) is 1.75. The molecule has 1 aliphatic rings. The van der Waals surface area contributed by atoms with E-state index >= 15 is 0 Å². The summed E-state index contributed by atoms with van der Waals surface area (Å²) in [6.07, 6.45) is 5.26. The SMILES string of the molecule is O=C(NCC1CCCCN1)c1ccccn1. The van der Waals surface area contributed by atoms with E-state index in [1.807, 2.05) is 6.07 Å². The van der Waals surface area contributed by atoms with Crippen molar-refractivity contribution in [2.24, 2.45) is 0 Å². The Morgan fingerprint density at radius 3 is 3.12 bits per heavy atom. The van der Waals surface area contributed by atoms with Crippen molar-refractivity contribution in [1.82, 2.24) is 15.6 Å². The zero-order chi connectivity index (χ0) is 11.2. The van der Waals surface area contributed by atoms with Gasteiger partial charge in [0.2, 0.25) is 0 Å². The summed E-state index contributed by atoms with van der Waals surface area (Å²) < 4.78 is 0. The predicted molar refractivity (Wildman–Crippen MR) is 62.2 cm³/mol. The fourth-order valence-electron chi connectivity index (χ4n) is 1.90. The number of nitrogens with zero attached hydrogens (tertiary/aromatic N) is 1. The van der Waals surface area contributed by atoms with Crippen LogP contribution in [0.3, 0.4) is 0 Å². The van der Waals surface area contributed by atoms with Crippen molar-refractivity contribution in [3.8, 4) is 0 Å². The van der Waals surface area contributed by atoms with Crippen LogP contribution in [0.4, 0.5) is 0 Å². The van der Waals surface area contributed by atoms with Crippen LogP contribution in [0.15, 0.2) is 24.4 Å². The van der Waals surface area contributed by atoms with Gasteiger partial charge in [0.25, 0.3) is 5.91 Å². The molecule has 4 heteroatoms. The molecule has 1 aromatic heterocycles. The summed E-state index contributed by atoms with van der Waals surface area (Å²) >= 11 is 0. The molecule has 0 spiro atoms. The topological polar surface area (TPSA) is 54.0 Å². The summed E-state index contributed by atoms with van der Waals surface area (Å²) in [5.74, 6) is -0.0898. The van der Waals surface area contributed by atoms with E-state index in [9.17, 15) is 4.79 Å². The lowest BCUT2D eigenvalue weighted by Gasteiger charge is -2.23. The lowest BCUT2D eigenvalue weighted by atomic mass is 10.1. The molecule has 86 valence electrons. The normalized spacial score (nSPS) is 20.4. The van der Waals surface area contributed by atoms with E-state index in [-0.39, 0.29) is 5.91 Å². The molecule has 1 aromatic rings. The van der Waals surface area contributed by atoms with Gasteiger partial charge in [-0.3, -0.25) is 9.78 Å². The molecule has 1 aliphatic heterocycles. The number of aromatic nitrogens is 1. The molecule has 16 heavy (non-hydrogen) atoms. The Balaban J connectivity index is 1.79. The van der Waals surface area contributed by atoms with Gasteiger partial charge in [0.1, 0.15) is 5.69 Å². The van der Waals surface area contributed by atoms with Crippen molar-refractivity contribution in [1.29, 1.82) is 0 Å². The van der Waals surface area contributed by atoms with Crippen LogP contribution in [-0.2, 0) is 0 Å². The Labute approximate surface area is 95.5 Å². The second-order valence-electron chi connectivity index (χ2n) is 4.07. The lowest BCUT2D eigenvalue weighted by Crippen LogP contribution is -2.43. The molecule has 4 nitrogen and oxygen atoms in total. The number of carbonyl (C=O) groups is 1. The highest BCUT2D eigenvalue weighted by atomic mass is 16.1. The zero-order valence-corrected chi connectivity index (χ0v) is 9.28. The maximum atomic E-state index is 11.7. The summed E-state index contributed by atoms with van der Waals surface area (Å²) in [5.41, 5.74) is 0.485. The van der Waals surface area contributed by atoms with Gasteiger partial charge in [0, 0.05) is 18.8 Å². The molecule has 1 saturated heterocycles. The minimum atomic E-state index is -0.0898. The van der Waals surface area contributed by atoms with Crippen LogP contribution in [0.1, 0.15) is 29.8 Å². The number of hydrogen-bond donors (Lipinski definition) is 2. The van der Waals surface area contributed by atoms with Crippen LogP contribution in [0.5, 0.6) is 0 Å². The maximum Gasteiger partial charge on any atom is 0.269 e. The van der Waals surface area contributed by atoms with Crippen LogP contribution < -0.4 is 10.6 Å². The molecule has 1 unspecified atom stereocenters. The van der Waals surface area contributed by atoms with Gasteiger partial charge in [-0.05, 0) is 31.5 Å². The van der Waals surface area contributed by atoms with Crippen molar-refractivity contribution in [3.63, 3.8) is 0 Å². The molecular formula is C12H17N3O. The van der Waals surface area contributed by atoms with Gasteiger partial charge in [0.05, 0.1) is 0 Å². The first-order chi connectivity index (χ1) is 7.86. The number of rotatable bonds is 3. The third-order valence-electron chi connectivity index (χ3n) is 2.82. The highest BCUT2D eigenvalue weighted by Crippen LogP contribution is 2.05. The van der Waals surface area contributed by atoms with Crippen LogP contribution in [0, 0.1) is 0 Å². The Morgan fingerprint density at radius 1 is 1.50 bits per heavy atom. The lowest BCUT2D eigenvalue weighted by molar-refractivity contribution is 0.0943.